The highest BCUT2D eigenvalue weighted by molar-refractivity contribution is 5.43. The second kappa shape index (κ2) is 5.34. The number of hydrogen-bond acceptors (Lipinski definition) is 3. The average Bonchev–Trinajstić information content (AvgIpc) is 2.37. The van der Waals surface area contributed by atoms with Crippen LogP contribution >= 0.6 is 0 Å². The van der Waals surface area contributed by atoms with Crippen molar-refractivity contribution in [3.63, 3.8) is 0 Å². The van der Waals surface area contributed by atoms with Crippen molar-refractivity contribution < 1.29 is 4.74 Å². The number of nitrogens with one attached hydrogen (secondary N) is 1. The van der Waals surface area contributed by atoms with Gasteiger partial charge in [-0.2, -0.15) is 0 Å². The Morgan fingerprint density at radius 2 is 1.94 bits per heavy atom. The molecule has 0 radical (unpaired) electrons. The molecule has 0 spiro atoms. The van der Waals surface area contributed by atoms with Gasteiger partial charge in [0.2, 0.25) is 0 Å². The van der Waals surface area contributed by atoms with E-state index in [1.54, 1.807) is 7.11 Å². The van der Waals surface area contributed by atoms with E-state index in [0.29, 0.717) is 6.54 Å². The summed E-state index contributed by atoms with van der Waals surface area (Å²) in [6.07, 6.45) is 0. The van der Waals surface area contributed by atoms with Crippen LogP contribution in [0.25, 0.3) is 0 Å². The highest BCUT2D eigenvalue weighted by Gasteiger charge is 2.00. The van der Waals surface area contributed by atoms with Gasteiger partial charge < -0.3 is 10.1 Å². The fourth-order valence-corrected chi connectivity index (χ4v) is 1.66. The molecule has 17 heavy (non-hydrogen) atoms. The molecule has 0 saturated carbocycles. The maximum atomic E-state index is 5.22. The highest BCUT2D eigenvalue weighted by atomic mass is 16.5. The third-order valence-electron chi connectivity index (χ3n) is 2.46. The minimum absolute atomic E-state index is 0.696. The number of benzene rings is 1. The number of para-hydroxylation sites is 1. The number of hydrogen-bond donors (Lipinski definition) is 1. The Bertz CT molecular complexity index is 483. The summed E-state index contributed by atoms with van der Waals surface area (Å²) in [5.74, 6) is 0.849. The monoisotopic (exact) mass is 228 g/mol. The Balaban J connectivity index is 2.06. The van der Waals surface area contributed by atoms with Crippen LogP contribution < -0.4 is 10.1 Å². The predicted molar refractivity (Wildman–Crippen MR) is 69.3 cm³/mol. The average molecular weight is 228 g/mol. The maximum Gasteiger partial charge on any atom is 0.122 e. The van der Waals surface area contributed by atoms with Crippen molar-refractivity contribution in [3.8, 4) is 5.75 Å². The van der Waals surface area contributed by atoms with Crippen LogP contribution in [0, 0.1) is 6.92 Å². The molecule has 3 nitrogen and oxygen atoms in total. The minimum Gasteiger partial charge on any atom is -0.497 e. The summed E-state index contributed by atoms with van der Waals surface area (Å²) in [6.45, 7) is 2.66. The quantitative estimate of drug-likeness (QED) is 0.873. The number of aromatic nitrogens is 1. The summed E-state index contributed by atoms with van der Waals surface area (Å²) in [5.41, 5.74) is 3.04. The van der Waals surface area contributed by atoms with Crippen molar-refractivity contribution in [2.24, 2.45) is 0 Å². The van der Waals surface area contributed by atoms with Crippen LogP contribution in [0.5, 0.6) is 5.75 Å². The van der Waals surface area contributed by atoms with Crippen LogP contribution in [0.1, 0.15) is 11.4 Å². The summed E-state index contributed by atoms with van der Waals surface area (Å²) in [5, 5.41) is 3.32. The first kappa shape index (κ1) is 11.5. The molecule has 0 bridgehead atoms. The number of rotatable bonds is 4. The second-order valence-corrected chi connectivity index (χ2v) is 3.86. The molecule has 0 aliphatic rings. The van der Waals surface area contributed by atoms with Gasteiger partial charge in [0.15, 0.2) is 0 Å². The summed E-state index contributed by atoms with van der Waals surface area (Å²) < 4.78 is 5.22. The number of anilines is 1. The van der Waals surface area contributed by atoms with Gasteiger partial charge in [-0.1, -0.05) is 18.2 Å². The molecule has 0 unspecified atom stereocenters. The molecule has 3 heteroatoms. The standard InChI is InChI=1S/C14H16N2O/c1-11-8-14(17-2)9-13(16-11)10-15-12-6-4-3-5-7-12/h3-9,15H,10H2,1-2H3. The number of nitrogens with zero attached hydrogens (tertiary/aromatic N) is 1. The Hall–Kier alpha value is -2.03. The highest BCUT2D eigenvalue weighted by Crippen LogP contribution is 2.14. The third kappa shape index (κ3) is 3.21. The molecule has 88 valence electrons. The van der Waals surface area contributed by atoms with Crippen molar-refractivity contribution in [1.82, 2.24) is 4.98 Å². The molecule has 0 amide bonds. The van der Waals surface area contributed by atoms with Crippen LogP contribution in [0.4, 0.5) is 5.69 Å². The zero-order valence-electron chi connectivity index (χ0n) is 10.1. The summed E-state index contributed by atoms with van der Waals surface area (Å²) in [7, 11) is 1.67. The Morgan fingerprint density at radius 3 is 2.65 bits per heavy atom. The molecular formula is C14H16N2O. The van der Waals surface area contributed by atoms with E-state index in [9.17, 15) is 0 Å². The molecule has 0 saturated heterocycles. The second-order valence-electron chi connectivity index (χ2n) is 3.86. The van der Waals surface area contributed by atoms with Crippen molar-refractivity contribution in [3.05, 3.63) is 53.9 Å². The van der Waals surface area contributed by atoms with Gasteiger partial charge >= 0.3 is 0 Å². The third-order valence-corrected chi connectivity index (χ3v) is 2.46. The van der Waals surface area contributed by atoms with Crippen LogP contribution in [0.15, 0.2) is 42.5 Å². The summed E-state index contributed by atoms with van der Waals surface area (Å²) >= 11 is 0. The zero-order chi connectivity index (χ0) is 12.1. The lowest BCUT2D eigenvalue weighted by molar-refractivity contribution is 0.413. The number of pyridine rings is 1. The first-order valence-electron chi connectivity index (χ1n) is 5.58. The lowest BCUT2D eigenvalue weighted by Gasteiger charge is -2.08. The van der Waals surface area contributed by atoms with Gasteiger partial charge in [-0.15, -0.1) is 0 Å². The van der Waals surface area contributed by atoms with Crippen molar-refractivity contribution >= 4 is 5.69 Å². The SMILES string of the molecule is COc1cc(C)nc(CNc2ccccc2)c1. The van der Waals surface area contributed by atoms with Gasteiger partial charge in [0, 0.05) is 23.5 Å². The van der Waals surface area contributed by atoms with Crippen LogP contribution in [-0.2, 0) is 6.54 Å². The van der Waals surface area contributed by atoms with E-state index in [1.807, 2.05) is 49.4 Å². The van der Waals surface area contributed by atoms with E-state index in [-0.39, 0.29) is 0 Å². The fourth-order valence-electron chi connectivity index (χ4n) is 1.66. The summed E-state index contributed by atoms with van der Waals surface area (Å²) in [4.78, 5) is 4.45. The number of methoxy groups -OCH3 is 1. The lowest BCUT2D eigenvalue weighted by Crippen LogP contribution is -2.02. The predicted octanol–water partition coefficient (Wildman–Crippen LogP) is 3.01. The Labute approximate surface area is 101 Å². The molecule has 1 aromatic carbocycles. The van der Waals surface area contributed by atoms with Gasteiger partial charge in [-0.25, -0.2) is 0 Å². The molecule has 1 N–H and O–H groups in total. The molecule has 0 atom stereocenters. The fraction of sp³-hybridized carbons (Fsp3) is 0.214. The molecule has 1 heterocycles. The number of ether oxygens (including phenoxy) is 1. The first-order chi connectivity index (χ1) is 8.28. The van der Waals surface area contributed by atoms with E-state index in [0.717, 1.165) is 22.8 Å². The Morgan fingerprint density at radius 1 is 1.18 bits per heavy atom. The minimum atomic E-state index is 0.696. The van der Waals surface area contributed by atoms with Crippen molar-refractivity contribution in [2.45, 2.75) is 13.5 Å². The molecule has 0 fully saturated rings. The molecule has 0 aliphatic heterocycles. The molecular weight excluding hydrogens is 212 g/mol. The molecule has 2 rings (SSSR count). The molecule has 0 aliphatic carbocycles. The Kier molecular flexibility index (Phi) is 3.60. The topological polar surface area (TPSA) is 34.1 Å². The number of aryl methyl sites for hydroxylation is 1. The van der Waals surface area contributed by atoms with Crippen LogP contribution in [0.3, 0.4) is 0 Å². The van der Waals surface area contributed by atoms with Gasteiger partial charge in [0.1, 0.15) is 5.75 Å². The van der Waals surface area contributed by atoms with E-state index < -0.39 is 0 Å². The van der Waals surface area contributed by atoms with Crippen LogP contribution in [0.2, 0.25) is 0 Å². The van der Waals surface area contributed by atoms with E-state index >= 15 is 0 Å². The van der Waals surface area contributed by atoms with Crippen LogP contribution in [-0.4, -0.2) is 12.1 Å². The zero-order valence-corrected chi connectivity index (χ0v) is 10.1. The van der Waals surface area contributed by atoms with Gasteiger partial charge in [-0.05, 0) is 19.1 Å². The summed E-state index contributed by atoms with van der Waals surface area (Å²) in [6, 6.07) is 14.0. The maximum absolute atomic E-state index is 5.22. The normalized spacial score (nSPS) is 10.0. The van der Waals surface area contributed by atoms with Gasteiger partial charge in [-0.3, -0.25) is 4.98 Å². The molecule has 1 aromatic heterocycles. The van der Waals surface area contributed by atoms with E-state index in [4.69, 9.17) is 4.74 Å². The smallest absolute Gasteiger partial charge is 0.122 e. The largest absolute Gasteiger partial charge is 0.497 e. The molecule has 2 aromatic rings. The van der Waals surface area contributed by atoms with Crippen molar-refractivity contribution in [1.29, 1.82) is 0 Å². The van der Waals surface area contributed by atoms with E-state index in [1.165, 1.54) is 0 Å². The van der Waals surface area contributed by atoms with Crippen molar-refractivity contribution in [2.75, 3.05) is 12.4 Å². The first-order valence-corrected chi connectivity index (χ1v) is 5.58. The van der Waals surface area contributed by atoms with Gasteiger partial charge in [0.05, 0.1) is 19.3 Å². The lowest BCUT2D eigenvalue weighted by atomic mass is 10.2. The van der Waals surface area contributed by atoms with E-state index in [2.05, 4.69) is 10.3 Å². The van der Waals surface area contributed by atoms with Gasteiger partial charge in [0.25, 0.3) is 0 Å².